The van der Waals surface area contributed by atoms with Crippen LogP contribution < -0.4 is 16.4 Å². The molecule has 36 heavy (non-hydrogen) atoms. The first-order valence-corrected chi connectivity index (χ1v) is 11.7. The van der Waals surface area contributed by atoms with Gasteiger partial charge in [0, 0.05) is 26.2 Å². The van der Waals surface area contributed by atoms with Gasteiger partial charge in [0.2, 0.25) is 0 Å². The van der Waals surface area contributed by atoms with Gasteiger partial charge in [0.25, 0.3) is 11.8 Å². The first kappa shape index (κ1) is 23.7. The summed E-state index contributed by atoms with van der Waals surface area (Å²) in [7, 11) is 3.66. The third-order valence-corrected chi connectivity index (χ3v) is 6.59. The molecule has 2 amide bonds. The zero-order chi connectivity index (χ0) is 25.4. The molecule has 1 saturated heterocycles. The molecule has 5 rings (SSSR count). The Kier molecular flexibility index (Phi) is 6.27. The second kappa shape index (κ2) is 9.53. The fraction of sp³-hybridized carbons (Fsp3) is 0.375. The number of likely N-dealkylation sites (tertiary alicyclic amines) is 1. The number of rotatable bonds is 6. The van der Waals surface area contributed by atoms with Gasteiger partial charge in [-0.25, -0.2) is 18.7 Å². The molecule has 1 aliphatic heterocycles. The molecule has 4 aromatic rings. The minimum absolute atomic E-state index is 0.0248. The Morgan fingerprint density at radius 3 is 2.69 bits per heavy atom. The van der Waals surface area contributed by atoms with E-state index in [1.54, 1.807) is 25.2 Å². The number of oxazole rings is 1. The van der Waals surface area contributed by atoms with Crippen LogP contribution >= 0.6 is 0 Å². The Labute approximate surface area is 204 Å². The number of carbonyl (C=O) groups excluding carboxylic acids is 2. The average molecular weight is 496 g/mol. The topological polar surface area (TPSA) is 127 Å². The van der Waals surface area contributed by atoms with Crippen LogP contribution in [0.15, 0.2) is 39.7 Å². The number of nitrogens with one attached hydrogen (secondary N) is 2. The lowest BCUT2D eigenvalue weighted by Crippen LogP contribution is -2.37. The van der Waals surface area contributed by atoms with E-state index in [0.717, 1.165) is 42.2 Å². The number of nitrogens with zero attached hydrogens (tertiary/aromatic N) is 5. The van der Waals surface area contributed by atoms with Crippen molar-refractivity contribution in [1.82, 2.24) is 34.7 Å². The molecule has 11 nitrogen and oxygen atoms in total. The second-order valence-corrected chi connectivity index (χ2v) is 9.12. The van der Waals surface area contributed by atoms with Crippen LogP contribution in [0.1, 0.15) is 39.4 Å². The molecule has 0 radical (unpaired) electrons. The van der Waals surface area contributed by atoms with Crippen LogP contribution in [0.5, 0.6) is 0 Å². The Morgan fingerprint density at radius 1 is 1.14 bits per heavy atom. The van der Waals surface area contributed by atoms with Gasteiger partial charge in [0.15, 0.2) is 17.0 Å². The summed E-state index contributed by atoms with van der Waals surface area (Å²) in [6.07, 6.45) is 2.92. The molecule has 12 heteroatoms. The number of carbonyl (C=O) groups is 2. The lowest BCUT2D eigenvalue weighted by molar-refractivity contribution is 0.0931. The number of hydrogen-bond acceptors (Lipinski definition) is 7. The van der Waals surface area contributed by atoms with Crippen LogP contribution in [-0.2, 0) is 13.6 Å². The SMILES string of the molecule is CN1CCC(CNC(=O)c2cc(C(=O)NCc3ccc4oc(=O)n(C)c4c3)nc3c(F)cnn23)CC1. The highest BCUT2D eigenvalue weighted by atomic mass is 19.1. The summed E-state index contributed by atoms with van der Waals surface area (Å²) < 4.78 is 21.9. The van der Waals surface area contributed by atoms with E-state index in [1.807, 2.05) is 0 Å². The van der Waals surface area contributed by atoms with E-state index in [-0.39, 0.29) is 23.6 Å². The van der Waals surface area contributed by atoms with Crippen LogP contribution in [-0.4, -0.2) is 62.6 Å². The van der Waals surface area contributed by atoms with E-state index in [0.29, 0.717) is 23.6 Å². The van der Waals surface area contributed by atoms with E-state index in [9.17, 15) is 18.8 Å². The summed E-state index contributed by atoms with van der Waals surface area (Å²) in [5, 5.41) is 9.55. The highest BCUT2D eigenvalue weighted by Crippen LogP contribution is 2.17. The van der Waals surface area contributed by atoms with Gasteiger partial charge in [0.1, 0.15) is 11.4 Å². The predicted octanol–water partition coefficient (Wildman–Crippen LogP) is 1.31. The van der Waals surface area contributed by atoms with Crippen molar-refractivity contribution in [3.05, 3.63) is 63.8 Å². The van der Waals surface area contributed by atoms with Gasteiger partial charge in [0.05, 0.1) is 11.7 Å². The van der Waals surface area contributed by atoms with Crippen molar-refractivity contribution in [1.29, 1.82) is 0 Å². The van der Waals surface area contributed by atoms with Crippen molar-refractivity contribution in [2.75, 3.05) is 26.7 Å². The maximum absolute atomic E-state index is 14.3. The molecule has 0 bridgehead atoms. The molecule has 0 unspecified atom stereocenters. The van der Waals surface area contributed by atoms with Crippen LogP contribution in [0.4, 0.5) is 4.39 Å². The van der Waals surface area contributed by atoms with Gasteiger partial charge in [-0.1, -0.05) is 6.07 Å². The molecule has 0 saturated carbocycles. The molecule has 2 N–H and O–H groups in total. The summed E-state index contributed by atoms with van der Waals surface area (Å²) in [5.41, 5.74) is 1.47. The van der Waals surface area contributed by atoms with E-state index in [1.165, 1.54) is 10.6 Å². The molecule has 188 valence electrons. The van der Waals surface area contributed by atoms with Gasteiger partial charge >= 0.3 is 5.76 Å². The van der Waals surface area contributed by atoms with Crippen molar-refractivity contribution >= 4 is 28.6 Å². The standard InChI is InChI=1S/C24H26FN7O4/c1-30-7-5-14(6-8-30)11-27-23(34)19-10-17(29-21-16(25)13-28-32(19)21)22(33)26-12-15-3-4-20-18(9-15)31(2)24(35)36-20/h3-4,9-10,13-14H,5-8,11-12H2,1-2H3,(H,26,33)(H,27,34). The second-order valence-electron chi connectivity index (χ2n) is 9.12. The van der Waals surface area contributed by atoms with Gasteiger partial charge in [-0.3, -0.25) is 14.2 Å². The van der Waals surface area contributed by atoms with Gasteiger partial charge < -0.3 is 20.0 Å². The number of fused-ring (bicyclic) bond motifs is 2. The zero-order valence-corrected chi connectivity index (χ0v) is 20.0. The summed E-state index contributed by atoms with van der Waals surface area (Å²) in [5.74, 6) is -1.89. The Balaban J connectivity index is 1.33. The first-order chi connectivity index (χ1) is 17.3. The smallest absolute Gasteiger partial charge is 0.408 e. The molecule has 0 atom stereocenters. The fourth-order valence-corrected chi connectivity index (χ4v) is 4.36. The monoisotopic (exact) mass is 495 g/mol. The van der Waals surface area contributed by atoms with E-state index < -0.39 is 23.4 Å². The minimum atomic E-state index is -0.736. The quantitative estimate of drug-likeness (QED) is 0.413. The van der Waals surface area contributed by atoms with E-state index >= 15 is 0 Å². The van der Waals surface area contributed by atoms with Crippen molar-refractivity contribution in [3.8, 4) is 0 Å². The van der Waals surface area contributed by atoms with E-state index in [2.05, 4.69) is 32.7 Å². The van der Waals surface area contributed by atoms with Crippen molar-refractivity contribution in [3.63, 3.8) is 0 Å². The number of benzene rings is 1. The lowest BCUT2D eigenvalue weighted by atomic mass is 9.97. The molecule has 1 aromatic carbocycles. The first-order valence-electron chi connectivity index (χ1n) is 11.7. The largest absolute Gasteiger partial charge is 0.419 e. The van der Waals surface area contributed by atoms with Crippen LogP contribution in [0.3, 0.4) is 0 Å². The predicted molar refractivity (Wildman–Crippen MR) is 128 cm³/mol. The van der Waals surface area contributed by atoms with Crippen LogP contribution in [0.2, 0.25) is 0 Å². The van der Waals surface area contributed by atoms with Crippen molar-refractivity contribution < 1.29 is 18.4 Å². The average Bonchev–Trinajstić information content (AvgIpc) is 3.39. The van der Waals surface area contributed by atoms with Gasteiger partial charge in [-0.15, -0.1) is 0 Å². The maximum Gasteiger partial charge on any atom is 0.419 e. The van der Waals surface area contributed by atoms with Gasteiger partial charge in [-0.05, 0) is 56.6 Å². The lowest BCUT2D eigenvalue weighted by Gasteiger charge is -2.28. The van der Waals surface area contributed by atoms with Crippen LogP contribution in [0, 0.1) is 11.7 Å². The number of piperidine rings is 1. The third kappa shape index (κ3) is 4.59. The minimum Gasteiger partial charge on any atom is -0.408 e. The molecule has 1 fully saturated rings. The highest BCUT2D eigenvalue weighted by Gasteiger charge is 2.22. The molecule has 0 aliphatic carbocycles. The summed E-state index contributed by atoms with van der Waals surface area (Å²) in [6.45, 7) is 2.55. The maximum atomic E-state index is 14.3. The summed E-state index contributed by atoms with van der Waals surface area (Å²) in [4.78, 5) is 43.9. The van der Waals surface area contributed by atoms with Gasteiger partial charge in [-0.2, -0.15) is 5.10 Å². The molecule has 3 aromatic heterocycles. The highest BCUT2D eigenvalue weighted by molar-refractivity contribution is 5.98. The molecule has 1 aliphatic rings. The molecule has 4 heterocycles. The molecular weight excluding hydrogens is 469 g/mol. The van der Waals surface area contributed by atoms with Crippen molar-refractivity contribution in [2.45, 2.75) is 19.4 Å². The number of halogens is 1. The summed E-state index contributed by atoms with van der Waals surface area (Å²) in [6, 6.07) is 6.41. The third-order valence-electron chi connectivity index (χ3n) is 6.59. The number of aryl methyl sites for hydroxylation is 1. The number of aromatic nitrogens is 4. The Bertz CT molecular complexity index is 1510. The fourth-order valence-electron chi connectivity index (χ4n) is 4.36. The van der Waals surface area contributed by atoms with E-state index in [4.69, 9.17) is 4.42 Å². The Hall–Kier alpha value is -4.06. The van der Waals surface area contributed by atoms with Crippen molar-refractivity contribution in [2.24, 2.45) is 13.0 Å². The Morgan fingerprint density at radius 2 is 1.92 bits per heavy atom. The van der Waals surface area contributed by atoms with Crippen LogP contribution in [0.25, 0.3) is 16.7 Å². The zero-order valence-electron chi connectivity index (χ0n) is 20.0. The molecule has 0 spiro atoms. The number of amides is 2. The molecular formula is C24H26FN7O4. The normalized spacial score (nSPS) is 15.0. The summed E-state index contributed by atoms with van der Waals surface area (Å²) >= 11 is 0. The number of hydrogen-bond donors (Lipinski definition) is 2.